The van der Waals surface area contributed by atoms with Gasteiger partial charge in [-0.3, -0.25) is 13.9 Å². The van der Waals surface area contributed by atoms with E-state index in [-0.39, 0.29) is 12.5 Å². The molecular weight excluding hydrogens is 430 g/mol. The van der Waals surface area contributed by atoms with E-state index >= 15 is 0 Å². The van der Waals surface area contributed by atoms with Gasteiger partial charge in [0.25, 0.3) is 0 Å². The van der Waals surface area contributed by atoms with Crippen LogP contribution in [0.2, 0.25) is 0 Å². The SMILES string of the molecule is CCNC(=O)C(C)N(Cc1ccc(OC)cc1)C(=O)CN(c1cccc(C)c1)S(C)(=O)=O. The predicted octanol–water partition coefficient (Wildman–Crippen LogP) is 2.32. The maximum Gasteiger partial charge on any atom is 0.244 e. The molecule has 9 heteroatoms. The van der Waals surface area contributed by atoms with Gasteiger partial charge in [-0.1, -0.05) is 24.3 Å². The zero-order valence-corrected chi connectivity index (χ0v) is 20.0. The summed E-state index contributed by atoms with van der Waals surface area (Å²) >= 11 is 0. The number of anilines is 1. The second-order valence-electron chi connectivity index (χ2n) is 7.55. The van der Waals surface area contributed by atoms with Gasteiger partial charge in [0.2, 0.25) is 21.8 Å². The molecule has 0 heterocycles. The van der Waals surface area contributed by atoms with Gasteiger partial charge in [0.15, 0.2) is 0 Å². The maximum atomic E-state index is 13.4. The van der Waals surface area contributed by atoms with Gasteiger partial charge in [-0.25, -0.2) is 8.42 Å². The van der Waals surface area contributed by atoms with Crippen LogP contribution in [0.3, 0.4) is 0 Å². The molecule has 0 fully saturated rings. The number of carbonyl (C=O) groups is 2. The molecule has 0 spiro atoms. The van der Waals surface area contributed by atoms with Gasteiger partial charge in [-0.2, -0.15) is 0 Å². The molecule has 174 valence electrons. The minimum absolute atomic E-state index is 0.145. The molecule has 0 aliphatic rings. The lowest BCUT2D eigenvalue weighted by Gasteiger charge is -2.31. The van der Waals surface area contributed by atoms with Crippen molar-refractivity contribution in [3.63, 3.8) is 0 Å². The fourth-order valence-corrected chi connectivity index (χ4v) is 4.07. The van der Waals surface area contributed by atoms with Crippen molar-refractivity contribution in [1.29, 1.82) is 0 Å². The molecule has 0 saturated heterocycles. The number of nitrogens with zero attached hydrogens (tertiary/aromatic N) is 2. The highest BCUT2D eigenvalue weighted by Crippen LogP contribution is 2.20. The Morgan fingerprint density at radius 2 is 1.78 bits per heavy atom. The molecule has 0 aliphatic carbocycles. The Morgan fingerprint density at radius 1 is 1.12 bits per heavy atom. The molecule has 2 rings (SSSR count). The largest absolute Gasteiger partial charge is 0.497 e. The Labute approximate surface area is 190 Å². The number of benzene rings is 2. The summed E-state index contributed by atoms with van der Waals surface area (Å²) in [6.07, 6.45) is 1.06. The topological polar surface area (TPSA) is 96.0 Å². The van der Waals surface area contributed by atoms with E-state index in [4.69, 9.17) is 4.74 Å². The van der Waals surface area contributed by atoms with E-state index in [2.05, 4.69) is 5.32 Å². The summed E-state index contributed by atoms with van der Waals surface area (Å²) in [6.45, 7) is 5.42. The molecular formula is C23H31N3O5S. The van der Waals surface area contributed by atoms with Crippen LogP contribution in [0.15, 0.2) is 48.5 Å². The third-order valence-electron chi connectivity index (χ3n) is 5.00. The van der Waals surface area contributed by atoms with Crippen molar-refractivity contribution in [2.45, 2.75) is 33.4 Å². The second-order valence-corrected chi connectivity index (χ2v) is 9.46. The number of nitrogens with one attached hydrogen (secondary N) is 1. The number of rotatable bonds is 10. The van der Waals surface area contributed by atoms with Crippen molar-refractivity contribution >= 4 is 27.5 Å². The van der Waals surface area contributed by atoms with E-state index < -0.39 is 28.5 Å². The van der Waals surface area contributed by atoms with Crippen LogP contribution in [-0.2, 0) is 26.2 Å². The highest BCUT2D eigenvalue weighted by molar-refractivity contribution is 7.92. The Balaban J connectivity index is 2.36. The number of likely N-dealkylation sites (N-methyl/N-ethyl adjacent to an activating group) is 1. The quantitative estimate of drug-likeness (QED) is 0.586. The maximum absolute atomic E-state index is 13.4. The van der Waals surface area contributed by atoms with E-state index in [0.717, 1.165) is 21.7 Å². The van der Waals surface area contributed by atoms with E-state index in [1.165, 1.54) is 4.90 Å². The highest BCUT2D eigenvalue weighted by atomic mass is 32.2. The third-order valence-corrected chi connectivity index (χ3v) is 6.14. The summed E-state index contributed by atoms with van der Waals surface area (Å²) in [7, 11) is -2.17. The van der Waals surface area contributed by atoms with Gasteiger partial charge < -0.3 is 15.0 Å². The highest BCUT2D eigenvalue weighted by Gasteiger charge is 2.29. The number of amides is 2. The van der Waals surface area contributed by atoms with E-state index in [1.54, 1.807) is 63.4 Å². The summed E-state index contributed by atoms with van der Waals surface area (Å²) in [6, 6.07) is 13.3. The van der Waals surface area contributed by atoms with Crippen LogP contribution in [0.1, 0.15) is 25.0 Å². The average molecular weight is 462 g/mol. The molecule has 0 bridgehead atoms. The lowest BCUT2D eigenvalue weighted by molar-refractivity contribution is -0.139. The lowest BCUT2D eigenvalue weighted by atomic mass is 10.1. The first-order valence-electron chi connectivity index (χ1n) is 10.3. The monoisotopic (exact) mass is 461 g/mol. The average Bonchev–Trinajstić information content (AvgIpc) is 2.75. The molecule has 2 aromatic carbocycles. The van der Waals surface area contributed by atoms with Crippen LogP contribution >= 0.6 is 0 Å². The van der Waals surface area contributed by atoms with Crippen LogP contribution in [0.25, 0.3) is 0 Å². The van der Waals surface area contributed by atoms with Crippen LogP contribution < -0.4 is 14.4 Å². The lowest BCUT2D eigenvalue weighted by Crippen LogP contribution is -2.51. The number of sulfonamides is 1. The molecule has 8 nitrogen and oxygen atoms in total. The Kier molecular flexibility index (Phi) is 8.65. The first kappa shape index (κ1) is 25.2. The molecule has 1 N–H and O–H groups in total. The van der Waals surface area contributed by atoms with Gasteiger partial charge in [-0.05, 0) is 56.2 Å². The summed E-state index contributed by atoms with van der Waals surface area (Å²) in [4.78, 5) is 27.3. The fraction of sp³-hybridized carbons (Fsp3) is 0.391. The molecule has 2 amide bonds. The standard InChI is InChI=1S/C23H31N3O5S/c1-6-24-23(28)18(3)25(15-19-10-12-21(31-4)13-11-19)22(27)16-26(32(5,29)30)20-9-7-8-17(2)14-20/h7-14,18H,6,15-16H2,1-5H3,(H,24,28). The van der Waals surface area contributed by atoms with Crippen molar-refractivity contribution < 1.29 is 22.7 Å². The van der Waals surface area contributed by atoms with Crippen molar-refractivity contribution in [3.05, 3.63) is 59.7 Å². The molecule has 0 aliphatic heterocycles. The fourth-order valence-electron chi connectivity index (χ4n) is 3.23. The number of carbonyl (C=O) groups excluding carboxylic acids is 2. The Morgan fingerprint density at radius 3 is 2.31 bits per heavy atom. The molecule has 1 unspecified atom stereocenters. The summed E-state index contributed by atoms with van der Waals surface area (Å²) in [5.74, 6) is -0.117. The molecule has 2 aromatic rings. The zero-order chi connectivity index (χ0) is 23.9. The Bertz CT molecular complexity index is 1040. The number of hydrogen-bond donors (Lipinski definition) is 1. The normalized spacial score (nSPS) is 12.0. The molecule has 0 saturated carbocycles. The minimum atomic E-state index is -3.73. The third kappa shape index (κ3) is 6.71. The molecule has 0 aromatic heterocycles. The van der Waals surface area contributed by atoms with Gasteiger partial charge >= 0.3 is 0 Å². The van der Waals surface area contributed by atoms with Crippen LogP contribution in [0, 0.1) is 6.92 Å². The molecule has 32 heavy (non-hydrogen) atoms. The first-order valence-corrected chi connectivity index (χ1v) is 12.2. The van der Waals surface area contributed by atoms with E-state index in [9.17, 15) is 18.0 Å². The van der Waals surface area contributed by atoms with Crippen LogP contribution in [0.5, 0.6) is 5.75 Å². The second kappa shape index (κ2) is 11.0. The first-order chi connectivity index (χ1) is 15.1. The van der Waals surface area contributed by atoms with Crippen molar-refractivity contribution in [3.8, 4) is 5.75 Å². The van der Waals surface area contributed by atoms with E-state index in [0.29, 0.717) is 18.0 Å². The van der Waals surface area contributed by atoms with Crippen LogP contribution in [-0.4, -0.2) is 57.6 Å². The van der Waals surface area contributed by atoms with Gasteiger partial charge in [0.1, 0.15) is 18.3 Å². The van der Waals surface area contributed by atoms with Crippen molar-refractivity contribution in [1.82, 2.24) is 10.2 Å². The smallest absolute Gasteiger partial charge is 0.244 e. The van der Waals surface area contributed by atoms with E-state index in [1.807, 2.05) is 13.0 Å². The number of methoxy groups -OCH3 is 1. The molecule has 0 radical (unpaired) electrons. The number of ether oxygens (including phenoxy) is 1. The van der Waals surface area contributed by atoms with Gasteiger partial charge in [-0.15, -0.1) is 0 Å². The molecule has 1 atom stereocenters. The number of hydrogen-bond acceptors (Lipinski definition) is 5. The van der Waals surface area contributed by atoms with Gasteiger partial charge in [0.05, 0.1) is 19.1 Å². The van der Waals surface area contributed by atoms with Crippen molar-refractivity contribution in [2.24, 2.45) is 0 Å². The zero-order valence-electron chi connectivity index (χ0n) is 19.2. The number of aryl methyl sites for hydroxylation is 1. The summed E-state index contributed by atoms with van der Waals surface area (Å²) in [5.41, 5.74) is 2.06. The van der Waals surface area contributed by atoms with Crippen LogP contribution in [0.4, 0.5) is 5.69 Å². The summed E-state index contributed by atoms with van der Waals surface area (Å²) in [5, 5.41) is 2.72. The summed E-state index contributed by atoms with van der Waals surface area (Å²) < 4.78 is 31.2. The minimum Gasteiger partial charge on any atom is -0.497 e. The predicted molar refractivity (Wildman–Crippen MR) is 125 cm³/mol. The van der Waals surface area contributed by atoms with Crippen molar-refractivity contribution in [2.75, 3.05) is 30.8 Å². The Hall–Kier alpha value is -3.07. The van der Waals surface area contributed by atoms with Gasteiger partial charge in [0, 0.05) is 13.1 Å².